The molecule has 2 rings (SSSR count). The maximum Gasteiger partial charge on any atom is 0.303 e. The van der Waals surface area contributed by atoms with Gasteiger partial charge in [0, 0.05) is 25.7 Å². The van der Waals surface area contributed by atoms with Crippen LogP contribution in [-0.4, -0.2) is 61.3 Å². The van der Waals surface area contributed by atoms with Gasteiger partial charge in [-0.3, -0.25) is 14.4 Å². The summed E-state index contributed by atoms with van der Waals surface area (Å²) in [5, 5.41) is 3.70. The third-order valence-electron chi connectivity index (χ3n) is 4.74. The molecule has 2 aliphatic rings. The Labute approximate surface area is 168 Å². The second-order valence-electron chi connectivity index (χ2n) is 7.09. The van der Waals surface area contributed by atoms with E-state index in [0.717, 1.165) is 32.1 Å². The van der Waals surface area contributed by atoms with E-state index in [1.165, 1.54) is 20.8 Å². The number of esters is 3. The molecule has 0 N–H and O–H groups in total. The Morgan fingerprint density at radius 2 is 1.62 bits per heavy atom. The van der Waals surface area contributed by atoms with Crippen LogP contribution in [0, 0.1) is 0 Å². The van der Waals surface area contributed by atoms with Crippen molar-refractivity contribution in [2.24, 2.45) is 5.11 Å². The second kappa shape index (κ2) is 11.0. The molecule has 0 unspecified atom stereocenters. The molecule has 11 nitrogen and oxygen atoms in total. The zero-order valence-corrected chi connectivity index (χ0v) is 16.8. The van der Waals surface area contributed by atoms with Crippen LogP contribution in [0.25, 0.3) is 10.4 Å². The molecule has 1 saturated heterocycles. The second-order valence-corrected chi connectivity index (χ2v) is 7.09. The fourth-order valence-electron chi connectivity index (χ4n) is 3.57. The number of carbonyl (C=O) groups excluding carboxylic acids is 3. The van der Waals surface area contributed by atoms with Gasteiger partial charge >= 0.3 is 17.9 Å². The standard InChI is InChI=1S/C18H27N3O8/c1-10(22)25-9-14-16(26-11(2)23)15(20-21-19)17(27-12(3)24)18(29-14)28-13-7-5-4-6-8-13/h13-18H,4-9H2,1-3H3/t14-,15+,16+,17-,18+/m1/s1. The van der Waals surface area contributed by atoms with Crippen LogP contribution in [-0.2, 0) is 38.1 Å². The van der Waals surface area contributed by atoms with Crippen molar-refractivity contribution in [2.75, 3.05) is 6.61 Å². The summed E-state index contributed by atoms with van der Waals surface area (Å²) in [5.41, 5.74) is 9.04. The summed E-state index contributed by atoms with van der Waals surface area (Å²) < 4.78 is 27.6. The predicted molar refractivity (Wildman–Crippen MR) is 97.3 cm³/mol. The van der Waals surface area contributed by atoms with Crippen molar-refractivity contribution in [3.8, 4) is 0 Å². The highest BCUT2D eigenvalue weighted by Gasteiger charge is 2.51. The number of hydrogen-bond donors (Lipinski definition) is 0. The topological polar surface area (TPSA) is 146 Å². The van der Waals surface area contributed by atoms with Gasteiger partial charge in [0.15, 0.2) is 12.4 Å². The van der Waals surface area contributed by atoms with Crippen molar-refractivity contribution in [1.29, 1.82) is 0 Å². The molecule has 0 aromatic carbocycles. The molecule has 5 atom stereocenters. The van der Waals surface area contributed by atoms with E-state index in [1.807, 2.05) is 0 Å². The van der Waals surface area contributed by atoms with Gasteiger partial charge in [0.2, 0.25) is 0 Å². The summed E-state index contributed by atoms with van der Waals surface area (Å²) in [4.78, 5) is 37.4. The van der Waals surface area contributed by atoms with Crippen molar-refractivity contribution < 1.29 is 38.1 Å². The highest BCUT2D eigenvalue weighted by Crippen LogP contribution is 2.32. The Bertz CT molecular complexity index is 645. The molecule has 0 aromatic rings. The van der Waals surface area contributed by atoms with Gasteiger partial charge in [0.1, 0.15) is 24.9 Å². The first kappa shape index (κ1) is 22.9. The van der Waals surface area contributed by atoms with Gasteiger partial charge in [-0.05, 0) is 18.4 Å². The van der Waals surface area contributed by atoms with Crippen molar-refractivity contribution in [1.82, 2.24) is 0 Å². The van der Waals surface area contributed by atoms with Crippen LogP contribution in [0.15, 0.2) is 5.11 Å². The van der Waals surface area contributed by atoms with Crippen molar-refractivity contribution >= 4 is 17.9 Å². The van der Waals surface area contributed by atoms with Crippen molar-refractivity contribution in [3.63, 3.8) is 0 Å². The third-order valence-corrected chi connectivity index (χ3v) is 4.74. The van der Waals surface area contributed by atoms with E-state index in [9.17, 15) is 14.4 Å². The lowest BCUT2D eigenvalue weighted by Crippen LogP contribution is -2.61. The molecule has 29 heavy (non-hydrogen) atoms. The number of carbonyl (C=O) groups is 3. The van der Waals surface area contributed by atoms with Crippen LogP contribution >= 0.6 is 0 Å². The molecule has 11 heteroatoms. The Balaban J connectivity index is 2.32. The Hall–Kier alpha value is -2.36. The molecule has 1 aliphatic heterocycles. The van der Waals surface area contributed by atoms with Gasteiger partial charge in [0.05, 0.1) is 6.10 Å². The van der Waals surface area contributed by atoms with Gasteiger partial charge < -0.3 is 23.7 Å². The smallest absolute Gasteiger partial charge is 0.303 e. The molecule has 0 bridgehead atoms. The summed E-state index contributed by atoms with van der Waals surface area (Å²) in [7, 11) is 0. The van der Waals surface area contributed by atoms with Gasteiger partial charge in [-0.15, -0.1) is 0 Å². The fourth-order valence-corrected chi connectivity index (χ4v) is 3.57. The number of nitrogens with zero attached hydrogens (tertiary/aromatic N) is 3. The molecule has 1 heterocycles. The number of azide groups is 1. The minimum Gasteiger partial charge on any atom is -0.463 e. The minimum absolute atomic E-state index is 0.113. The first-order chi connectivity index (χ1) is 13.8. The molecule has 0 radical (unpaired) electrons. The molecule has 162 valence electrons. The van der Waals surface area contributed by atoms with Crippen molar-refractivity contribution in [2.45, 2.75) is 89.6 Å². The maximum absolute atomic E-state index is 11.7. The molecule has 0 aromatic heterocycles. The third kappa shape index (κ3) is 6.88. The van der Waals surface area contributed by atoms with E-state index >= 15 is 0 Å². The fraction of sp³-hybridized carbons (Fsp3) is 0.833. The Morgan fingerprint density at radius 1 is 1.00 bits per heavy atom. The van der Waals surface area contributed by atoms with E-state index in [1.54, 1.807) is 0 Å². The van der Waals surface area contributed by atoms with Crippen LogP contribution in [0.5, 0.6) is 0 Å². The van der Waals surface area contributed by atoms with Gasteiger partial charge in [-0.25, -0.2) is 0 Å². The van der Waals surface area contributed by atoms with E-state index in [2.05, 4.69) is 10.0 Å². The molecule has 2 fully saturated rings. The predicted octanol–water partition coefficient (Wildman–Crippen LogP) is 2.17. The van der Waals surface area contributed by atoms with Crippen LogP contribution in [0.1, 0.15) is 52.9 Å². The SMILES string of the molecule is CC(=O)OC[C@H]1O[C@H](OC2CCCCC2)[C@H](OC(C)=O)[C@@H](N=[N+]=[N-])[C@H]1OC(C)=O. The highest BCUT2D eigenvalue weighted by molar-refractivity contribution is 5.67. The first-order valence-electron chi connectivity index (χ1n) is 9.64. The van der Waals surface area contributed by atoms with Gasteiger partial charge in [0.25, 0.3) is 0 Å². The average Bonchev–Trinajstić information content (AvgIpc) is 2.65. The summed E-state index contributed by atoms with van der Waals surface area (Å²) >= 11 is 0. The monoisotopic (exact) mass is 413 g/mol. The van der Waals surface area contributed by atoms with Gasteiger partial charge in [-0.1, -0.05) is 24.4 Å². The van der Waals surface area contributed by atoms with E-state index in [-0.39, 0.29) is 12.7 Å². The number of ether oxygens (including phenoxy) is 5. The van der Waals surface area contributed by atoms with E-state index < -0.39 is 48.6 Å². The molecule has 0 amide bonds. The van der Waals surface area contributed by atoms with Crippen molar-refractivity contribution in [3.05, 3.63) is 10.4 Å². The van der Waals surface area contributed by atoms with Gasteiger partial charge in [-0.2, -0.15) is 0 Å². The number of rotatable bonds is 7. The van der Waals surface area contributed by atoms with Crippen LogP contribution in [0.2, 0.25) is 0 Å². The summed E-state index contributed by atoms with van der Waals surface area (Å²) in [6.07, 6.45) is 0.374. The van der Waals surface area contributed by atoms with E-state index in [4.69, 9.17) is 29.2 Å². The molecular formula is C18H27N3O8. The molecular weight excluding hydrogens is 386 g/mol. The normalized spacial score (nSPS) is 30.0. The van der Waals surface area contributed by atoms with E-state index in [0.29, 0.717) is 0 Å². The summed E-state index contributed by atoms with van der Waals surface area (Å²) in [6, 6.07) is -1.12. The summed E-state index contributed by atoms with van der Waals surface area (Å²) in [5.74, 6) is -1.84. The lowest BCUT2D eigenvalue weighted by Gasteiger charge is -2.44. The first-order valence-corrected chi connectivity index (χ1v) is 9.64. The van der Waals surface area contributed by atoms with Crippen LogP contribution in [0.3, 0.4) is 0 Å². The zero-order valence-electron chi connectivity index (χ0n) is 16.8. The molecule has 1 aliphatic carbocycles. The van der Waals surface area contributed by atoms with Crippen LogP contribution < -0.4 is 0 Å². The summed E-state index contributed by atoms with van der Waals surface area (Å²) in [6.45, 7) is 3.37. The van der Waals surface area contributed by atoms with Crippen LogP contribution in [0.4, 0.5) is 0 Å². The zero-order chi connectivity index (χ0) is 21.4. The quantitative estimate of drug-likeness (QED) is 0.203. The average molecular weight is 413 g/mol. The maximum atomic E-state index is 11.7. The number of hydrogen-bond acceptors (Lipinski definition) is 9. The lowest BCUT2D eigenvalue weighted by atomic mass is 9.95. The Morgan fingerprint density at radius 3 is 2.17 bits per heavy atom. The Kier molecular flexibility index (Phi) is 8.69. The molecule has 0 spiro atoms. The largest absolute Gasteiger partial charge is 0.463 e. The lowest BCUT2D eigenvalue weighted by molar-refractivity contribution is -0.295. The minimum atomic E-state index is -1.13. The molecule has 1 saturated carbocycles. The highest BCUT2D eigenvalue weighted by atomic mass is 16.7.